The lowest BCUT2D eigenvalue weighted by molar-refractivity contribution is -0.115. The fraction of sp³-hybridized carbons (Fsp3) is 0.0909. The highest BCUT2D eigenvalue weighted by Crippen LogP contribution is 2.28. The first kappa shape index (κ1) is 21.3. The first-order valence-corrected chi connectivity index (χ1v) is 9.28. The van der Waals surface area contributed by atoms with Gasteiger partial charge in [0, 0.05) is 11.3 Å². The molecule has 5 nitrogen and oxygen atoms in total. The van der Waals surface area contributed by atoms with Crippen molar-refractivity contribution in [3.8, 4) is 16.9 Å². The molecule has 3 aromatic carbocycles. The lowest BCUT2D eigenvalue weighted by Gasteiger charge is -2.10. The predicted molar refractivity (Wildman–Crippen MR) is 111 cm³/mol. The number of nitrogens with one attached hydrogen (secondary N) is 2. The van der Waals surface area contributed by atoms with E-state index in [0.29, 0.717) is 5.56 Å². The second kappa shape index (κ2) is 9.84. The summed E-state index contributed by atoms with van der Waals surface area (Å²) in [5, 5.41) is 4.97. The molecular formula is C22H17ClF2N2O3. The van der Waals surface area contributed by atoms with Gasteiger partial charge in [-0.2, -0.15) is 8.78 Å². The Morgan fingerprint density at radius 3 is 2.23 bits per heavy atom. The highest BCUT2D eigenvalue weighted by Gasteiger charge is 2.12. The minimum atomic E-state index is -3.00. The molecule has 0 fully saturated rings. The van der Waals surface area contributed by atoms with Crippen LogP contribution in [0.4, 0.5) is 14.5 Å². The van der Waals surface area contributed by atoms with E-state index in [4.69, 9.17) is 11.6 Å². The van der Waals surface area contributed by atoms with Crippen LogP contribution in [0, 0.1) is 0 Å². The van der Waals surface area contributed by atoms with Gasteiger partial charge in [0.25, 0.3) is 5.91 Å². The monoisotopic (exact) mass is 430 g/mol. The molecule has 0 aliphatic heterocycles. The summed E-state index contributed by atoms with van der Waals surface area (Å²) < 4.78 is 28.7. The summed E-state index contributed by atoms with van der Waals surface area (Å²) in [7, 11) is 0. The Balaban J connectivity index is 1.53. The molecule has 0 heterocycles. The number of alkyl halides is 2. The number of rotatable bonds is 7. The van der Waals surface area contributed by atoms with Crippen molar-refractivity contribution in [2.24, 2.45) is 0 Å². The van der Waals surface area contributed by atoms with Crippen LogP contribution in [0.2, 0.25) is 5.02 Å². The Hall–Kier alpha value is -3.45. The third kappa shape index (κ3) is 5.78. The van der Waals surface area contributed by atoms with Gasteiger partial charge in [0.15, 0.2) is 0 Å². The van der Waals surface area contributed by atoms with Crippen LogP contribution < -0.4 is 15.4 Å². The van der Waals surface area contributed by atoms with Gasteiger partial charge < -0.3 is 15.4 Å². The van der Waals surface area contributed by atoms with E-state index in [1.54, 1.807) is 12.1 Å². The molecule has 0 radical (unpaired) electrons. The third-order valence-electron chi connectivity index (χ3n) is 4.10. The highest BCUT2D eigenvalue weighted by molar-refractivity contribution is 6.32. The number of ether oxygens (including phenoxy) is 1. The van der Waals surface area contributed by atoms with Gasteiger partial charge in [-0.25, -0.2) is 0 Å². The molecular weight excluding hydrogens is 414 g/mol. The Kier molecular flexibility index (Phi) is 6.98. The molecule has 0 atom stereocenters. The molecule has 0 saturated heterocycles. The van der Waals surface area contributed by atoms with Crippen molar-refractivity contribution in [1.82, 2.24) is 5.32 Å². The van der Waals surface area contributed by atoms with Gasteiger partial charge in [0.2, 0.25) is 5.91 Å². The van der Waals surface area contributed by atoms with Gasteiger partial charge in [0.1, 0.15) is 5.75 Å². The molecule has 3 rings (SSSR count). The zero-order chi connectivity index (χ0) is 21.5. The quantitative estimate of drug-likeness (QED) is 0.555. The van der Waals surface area contributed by atoms with Crippen LogP contribution in [0.1, 0.15) is 10.4 Å². The first-order chi connectivity index (χ1) is 14.4. The second-order valence-electron chi connectivity index (χ2n) is 6.20. The van der Waals surface area contributed by atoms with E-state index in [9.17, 15) is 18.4 Å². The molecule has 0 aliphatic carbocycles. The minimum Gasteiger partial charge on any atom is -0.433 e. The van der Waals surface area contributed by atoms with E-state index >= 15 is 0 Å². The Labute approximate surface area is 176 Å². The van der Waals surface area contributed by atoms with Gasteiger partial charge in [-0.05, 0) is 41.5 Å². The Morgan fingerprint density at radius 1 is 0.933 bits per heavy atom. The van der Waals surface area contributed by atoms with Crippen LogP contribution in [0.25, 0.3) is 11.1 Å². The molecule has 30 heavy (non-hydrogen) atoms. The van der Waals surface area contributed by atoms with E-state index in [-0.39, 0.29) is 23.0 Å². The van der Waals surface area contributed by atoms with Crippen molar-refractivity contribution in [2.75, 3.05) is 11.9 Å². The van der Waals surface area contributed by atoms with Crippen LogP contribution in [-0.2, 0) is 4.79 Å². The lowest BCUT2D eigenvalue weighted by Crippen LogP contribution is -2.32. The Morgan fingerprint density at radius 2 is 1.60 bits per heavy atom. The summed E-state index contributed by atoms with van der Waals surface area (Å²) in [6.45, 7) is -3.27. The van der Waals surface area contributed by atoms with Crippen molar-refractivity contribution >= 4 is 29.1 Å². The number of benzene rings is 3. The van der Waals surface area contributed by atoms with Crippen LogP contribution in [0.3, 0.4) is 0 Å². The maximum absolute atomic E-state index is 12.3. The summed E-state index contributed by atoms with van der Waals surface area (Å²) in [5.41, 5.74) is 2.71. The van der Waals surface area contributed by atoms with Crippen LogP contribution in [0.15, 0.2) is 72.8 Å². The largest absolute Gasteiger partial charge is 0.433 e. The molecule has 0 aromatic heterocycles. The summed E-state index contributed by atoms with van der Waals surface area (Å²) in [6, 6.07) is 20.6. The van der Waals surface area contributed by atoms with Gasteiger partial charge in [-0.15, -0.1) is 0 Å². The maximum atomic E-state index is 12.3. The molecule has 3 aromatic rings. The van der Waals surface area contributed by atoms with Crippen molar-refractivity contribution in [2.45, 2.75) is 6.61 Å². The highest BCUT2D eigenvalue weighted by atomic mass is 35.5. The standard InChI is InChI=1S/C22H17ClF2N2O3/c23-18-12-17(10-11-19(18)30-22(24)25)27-20(28)13-26-21(29)16-8-6-15(7-9-16)14-4-2-1-3-5-14/h1-12,22H,13H2,(H,26,29)(H,27,28). The van der Waals surface area contributed by atoms with Gasteiger partial charge in [0.05, 0.1) is 11.6 Å². The molecule has 8 heteroatoms. The third-order valence-corrected chi connectivity index (χ3v) is 4.39. The SMILES string of the molecule is O=C(CNC(=O)c1ccc(-c2ccccc2)cc1)Nc1ccc(OC(F)F)c(Cl)c1. The predicted octanol–water partition coefficient (Wildman–Crippen LogP) is 4.98. The number of amides is 2. The number of hydrogen-bond acceptors (Lipinski definition) is 3. The average Bonchev–Trinajstić information content (AvgIpc) is 2.74. The zero-order valence-corrected chi connectivity index (χ0v) is 16.3. The number of hydrogen-bond donors (Lipinski definition) is 2. The van der Waals surface area contributed by atoms with Crippen LogP contribution >= 0.6 is 11.6 Å². The summed E-state index contributed by atoms with van der Waals surface area (Å²) in [5.74, 6) is -1.09. The van der Waals surface area contributed by atoms with Gasteiger partial charge >= 0.3 is 6.61 Å². The fourth-order valence-corrected chi connectivity index (χ4v) is 2.91. The maximum Gasteiger partial charge on any atom is 0.387 e. The number of halogens is 3. The van der Waals surface area contributed by atoms with Crippen molar-refractivity contribution in [1.29, 1.82) is 0 Å². The average molecular weight is 431 g/mol. The topological polar surface area (TPSA) is 67.4 Å². The van der Waals surface area contributed by atoms with E-state index in [1.165, 1.54) is 18.2 Å². The van der Waals surface area contributed by atoms with E-state index in [1.807, 2.05) is 42.5 Å². The molecule has 0 spiro atoms. The molecule has 2 N–H and O–H groups in total. The molecule has 0 saturated carbocycles. The van der Waals surface area contributed by atoms with Gasteiger partial charge in [-0.3, -0.25) is 9.59 Å². The first-order valence-electron chi connectivity index (χ1n) is 8.90. The Bertz CT molecular complexity index is 1030. The normalized spacial score (nSPS) is 10.5. The van der Waals surface area contributed by atoms with E-state index < -0.39 is 18.4 Å². The van der Waals surface area contributed by atoms with Crippen LogP contribution in [-0.4, -0.2) is 25.0 Å². The van der Waals surface area contributed by atoms with Crippen molar-refractivity contribution in [3.05, 3.63) is 83.4 Å². The number of carbonyl (C=O) groups is 2. The van der Waals surface area contributed by atoms with Crippen LogP contribution in [0.5, 0.6) is 5.75 Å². The zero-order valence-electron chi connectivity index (χ0n) is 15.6. The molecule has 0 aliphatic rings. The summed E-state index contributed by atoms with van der Waals surface area (Å²) in [4.78, 5) is 24.3. The van der Waals surface area contributed by atoms with Crippen molar-refractivity contribution in [3.63, 3.8) is 0 Å². The van der Waals surface area contributed by atoms with Gasteiger partial charge in [-0.1, -0.05) is 54.1 Å². The fourth-order valence-electron chi connectivity index (χ4n) is 2.68. The van der Waals surface area contributed by atoms with E-state index in [2.05, 4.69) is 15.4 Å². The number of anilines is 1. The molecule has 154 valence electrons. The molecule has 0 bridgehead atoms. The summed E-state index contributed by atoms with van der Waals surface area (Å²) in [6.07, 6.45) is 0. The lowest BCUT2D eigenvalue weighted by atomic mass is 10.0. The molecule has 2 amide bonds. The number of carbonyl (C=O) groups excluding carboxylic acids is 2. The summed E-state index contributed by atoms with van der Waals surface area (Å²) >= 11 is 5.84. The van der Waals surface area contributed by atoms with E-state index in [0.717, 1.165) is 11.1 Å². The van der Waals surface area contributed by atoms with Crippen molar-refractivity contribution < 1.29 is 23.1 Å². The smallest absolute Gasteiger partial charge is 0.387 e. The molecule has 0 unspecified atom stereocenters. The minimum absolute atomic E-state index is 0.0735. The second-order valence-corrected chi connectivity index (χ2v) is 6.61.